The Labute approximate surface area is 121 Å². The molecule has 110 valence electrons. The van der Waals surface area contributed by atoms with Gasteiger partial charge in [0.25, 0.3) is 0 Å². The standard InChI is InChI=1S/C16H14F2O3/c17-16(18)21-14-6-4-11(5-7-14)12-2-1-3-13(10-12)15-19-8-9-20-15/h1-7,10,15-16H,8-9H2. The van der Waals surface area contributed by atoms with E-state index in [1.54, 1.807) is 12.1 Å². The fraction of sp³-hybridized carbons (Fsp3) is 0.250. The Morgan fingerprint density at radius 2 is 1.67 bits per heavy atom. The van der Waals surface area contributed by atoms with Crippen LogP contribution in [0, 0.1) is 0 Å². The Kier molecular flexibility index (Phi) is 4.13. The molecule has 1 heterocycles. The molecule has 0 aliphatic carbocycles. The van der Waals surface area contributed by atoms with Crippen LogP contribution in [0.1, 0.15) is 11.9 Å². The van der Waals surface area contributed by atoms with Gasteiger partial charge in [0, 0.05) is 5.56 Å². The molecule has 3 rings (SSSR count). The third-order valence-electron chi connectivity index (χ3n) is 3.19. The Hall–Kier alpha value is -1.98. The van der Waals surface area contributed by atoms with Crippen molar-refractivity contribution >= 4 is 0 Å². The van der Waals surface area contributed by atoms with Crippen molar-refractivity contribution in [3.05, 3.63) is 54.1 Å². The van der Waals surface area contributed by atoms with E-state index in [1.807, 2.05) is 24.3 Å². The van der Waals surface area contributed by atoms with Gasteiger partial charge in [0.1, 0.15) is 5.75 Å². The van der Waals surface area contributed by atoms with E-state index in [0.717, 1.165) is 16.7 Å². The fourth-order valence-corrected chi connectivity index (χ4v) is 2.24. The summed E-state index contributed by atoms with van der Waals surface area (Å²) in [7, 11) is 0. The predicted molar refractivity (Wildman–Crippen MR) is 73.2 cm³/mol. The van der Waals surface area contributed by atoms with Gasteiger partial charge in [0.05, 0.1) is 13.2 Å². The van der Waals surface area contributed by atoms with Crippen LogP contribution >= 0.6 is 0 Å². The van der Waals surface area contributed by atoms with Crippen LogP contribution in [0.3, 0.4) is 0 Å². The van der Waals surface area contributed by atoms with Crippen LogP contribution in [0.4, 0.5) is 8.78 Å². The van der Waals surface area contributed by atoms with E-state index >= 15 is 0 Å². The molecule has 0 amide bonds. The van der Waals surface area contributed by atoms with Crippen molar-refractivity contribution in [3.63, 3.8) is 0 Å². The topological polar surface area (TPSA) is 27.7 Å². The zero-order valence-corrected chi connectivity index (χ0v) is 11.2. The van der Waals surface area contributed by atoms with E-state index in [1.165, 1.54) is 12.1 Å². The van der Waals surface area contributed by atoms with Gasteiger partial charge in [-0.3, -0.25) is 0 Å². The summed E-state index contributed by atoms with van der Waals surface area (Å²) < 4.78 is 39.5. The summed E-state index contributed by atoms with van der Waals surface area (Å²) in [4.78, 5) is 0. The third kappa shape index (κ3) is 3.37. The first-order valence-corrected chi connectivity index (χ1v) is 6.61. The van der Waals surface area contributed by atoms with E-state index in [2.05, 4.69) is 4.74 Å². The molecule has 1 saturated heterocycles. The molecule has 2 aromatic rings. The number of ether oxygens (including phenoxy) is 3. The zero-order valence-electron chi connectivity index (χ0n) is 11.2. The number of benzene rings is 2. The summed E-state index contributed by atoms with van der Waals surface area (Å²) >= 11 is 0. The molecule has 0 atom stereocenters. The highest BCUT2D eigenvalue weighted by molar-refractivity contribution is 5.65. The summed E-state index contributed by atoms with van der Waals surface area (Å²) in [5, 5.41) is 0. The van der Waals surface area contributed by atoms with Gasteiger partial charge in [-0.05, 0) is 29.3 Å². The third-order valence-corrected chi connectivity index (χ3v) is 3.19. The molecule has 1 aliphatic rings. The van der Waals surface area contributed by atoms with Gasteiger partial charge in [-0.2, -0.15) is 8.78 Å². The molecule has 0 radical (unpaired) electrons. The molecule has 1 aliphatic heterocycles. The SMILES string of the molecule is FC(F)Oc1ccc(-c2cccc(C3OCCO3)c2)cc1. The minimum absolute atomic E-state index is 0.146. The van der Waals surface area contributed by atoms with Crippen molar-refractivity contribution in [1.29, 1.82) is 0 Å². The molecule has 0 unspecified atom stereocenters. The first-order chi connectivity index (χ1) is 10.2. The number of hydrogen-bond acceptors (Lipinski definition) is 3. The molecule has 1 fully saturated rings. The predicted octanol–water partition coefficient (Wildman–Crippen LogP) is 4.00. The first-order valence-electron chi connectivity index (χ1n) is 6.61. The maximum atomic E-state index is 12.1. The Balaban J connectivity index is 1.81. The highest BCUT2D eigenvalue weighted by atomic mass is 19.3. The lowest BCUT2D eigenvalue weighted by Gasteiger charge is -2.11. The lowest BCUT2D eigenvalue weighted by molar-refractivity contribution is -0.0498. The van der Waals surface area contributed by atoms with E-state index in [4.69, 9.17) is 9.47 Å². The minimum Gasteiger partial charge on any atom is -0.435 e. The van der Waals surface area contributed by atoms with E-state index in [9.17, 15) is 8.78 Å². The van der Waals surface area contributed by atoms with Crippen LogP contribution in [0.5, 0.6) is 5.75 Å². The second kappa shape index (κ2) is 6.20. The van der Waals surface area contributed by atoms with E-state index < -0.39 is 6.61 Å². The molecular weight excluding hydrogens is 278 g/mol. The summed E-state index contributed by atoms with van der Waals surface area (Å²) in [6, 6.07) is 14.3. The van der Waals surface area contributed by atoms with Crippen LogP contribution in [0.15, 0.2) is 48.5 Å². The summed E-state index contributed by atoms with van der Waals surface area (Å²) in [5.41, 5.74) is 2.82. The highest BCUT2D eigenvalue weighted by Gasteiger charge is 2.18. The molecule has 0 aromatic heterocycles. The number of rotatable bonds is 4. The minimum atomic E-state index is -2.81. The van der Waals surface area contributed by atoms with E-state index in [-0.39, 0.29) is 12.0 Å². The van der Waals surface area contributed by atoms with Crippen LogP contribution in [-0.2, 0) is 9.47 Å². The molecule has 0 N–H and O–H groups in total. The van der Waals surface area contributed by atoms with Crippen LogP contribution in [-0.4, -0.2) is 19.8 Å². The average molecular weight is 292 g/mol. The summed E-state index contributed by atoms with van der Waals surface area (Å²) in [6.45, 7) is -1.63. The van der Waals surface area contributed by atoms with Gasteiger partial charge >= 0.3 is 6.61 Å². The molecule has 2 aromatic carbocycles. The molecule has 0 bridgehead atoms. The van der Waals surface area contributed by atoms with Crippen LogP contribution in [0.25, 0.3) is 11.1 Å². The molecule has 0 spiro atoms. The second-order valence-corrected chi connectivity index (χ2v) is 4.60. The highest BCUT2D eigenvalue weighted by Crippen LogP contribution is 2.29. The molecule has 0 saturated carbocycles. The number of hydrogen-bond donors (Lipinski definition) is 0. The van der Waals surface area contributed by atoms with Crippen molar-refractivity contribution in [3.8, 4) is 16.9 Å². The van der Waals surface area contributed by atoms with Gasteiger partial charge in [-0.25, -0.2) is 0 Å². The van der Waals surface area contributed by atoms with Crippen LogP contribution < -0.4 is 4.74 Å². The lowest BCUT2D eigenvalue weighted by atomic mass is 10.0. The monoisotopic (exact) mass is 292 g/mol. The van der Waals surface area contributed by atoms with Crippen molar-refractivity contribution in [2.45, 2.75) is 12.9 Å². The van der Waals surface area contributed by atoms with Crippen LogP contribution in [0.2, 0.25) is 0 Å². The Morgan fingerprint density at radius 1 is 0.952 bits per heavy atom. The maximum absolute atomic E-state index is 12.1. The molecular formula is C16H14F2O3. The maximum Gasteiger partial charge on any atom is 0.387 e. The molecule has 21 heavy (non-hydrogen) atoms. The molecule has 3 nitrogen and oxygen atoms in total. The van der Waals surface area contributed by atoms with E-state index in [0.29, 0.717) is 13.2 Å². The van der Waals surface area contributed by atoms with Crippen molar-refractivity contribution in [1.82, 2.24) is 0 Å². The molecule has 5 heteroatoms. The summed E-state index contributed by atoms with van der Waals surface area (Å²) in [6.07, 6.45) is -0.327. The fourth-order valence-electron chi connectivity index (χ4n) is 2.24. The van der Waals surface area contributed by atoms with Crippen molar-refractivity contribution in [2.75, 3.05) is 13.2 Å². The smallest absolute Gasteiger partial charge is 0.387 e. The second-order valence-electron chi connectivity index (χ2n) is 4.60. The van der Waals surface area contributed by atoms with Gasteiger partial charge < -0.3 is 14.2 Å². The normalized spacial score (nSPS) is 15.6. The van der Waals surface area contributed by atoms with Gasteiger partial charge in [-0.1, -0.05) is 30.3 Å². The lowest BCUT2D eigenvalue weighted by Crippen LogP contribution is -2.01. The average Bonchev–Trinajstić information content (AvgIpc) is 3.02. The first kappa shape index (κ1) is 14.0. The number of alkyl halides is 2. The van der Waals surface area contributed by atoms with Crippen molar-refractivity contribution in [2.24, 2.45) is 0 Å². The Morgan fingerprint density at radius 3 is 2.33 bits per heavy atom. The largest absolute Gasteiger partial charge is 0.435 e. The zero-order chi connectivity index (χ0) is 14.7. The van der Waals surface area contributed by atoms with Gasteiger partial charge in [0.15, 0.2) is 6.29 Å². The van der Waals surface area contributed by atoms with Gasteiger partial charge in [-0.15, -0.1) is 0 Å². The summed E-state index contributed by atoms with van der Waals surface area (Å²) in [5.74, 6) is 0.146. The number of halogens is 2. The Bertz CT molecular complexity index is 593. The van der Waals surface area contributed by atoms with Gasteiger partial charge in [0.2, 0.25) is 0 Å². The van der Waals surface area contributed by atoms with Crippen molar-refractivity contribution < 1.29 is 23.0 Å². The quantitative estimate of drug-likeness (QED) is 0.852.